The quantitative estimate of drug-likeness (QED) is 0.676. The summed E-state index contributed by atoms with van der Waals surface area (Å²) in [5, 5.41) is 5.64. The topological polar surface area (TPSA) is 84.2 Å². The molecule has 0 aliphatic carbocycles. The van der Waals surface area contributed by atoms with Crippen molar-refractivity contribution >= 4 is 35.6 Å². The van der Waals surface area contributed by atoms with Crippen LogP contribution in [0.1, 0.15) is 37.7 Å². The summed E-state index contributed by atoms with van der Waals surface area (Å²) < 4.78 is 0. The lowest BCUT2D eigenvalue weighted by Crippen LogP contribution is -2.11. The average molecular weight is 312 g/mol. The highest BCUT2D eigenvalue weighted by Gasteiger charge is 2.17. The predicted molar refractivity (Wildman–Crippen MR) is 86.8 cm³/mol. The summed E-state index contributed by atoms with van der Waals surface area (Å²) in [5.74, 6) is 0.0263. The Balaban J connectivity index is 0.00000220. The second-order valence-electron chi connectivity index (χ2n) is 5.10. The van der Waals surface area contributed by atoms with Crippen molar-refractivity contribution < 1.29 is 9.59 Å². The molecule has 116 valence electrons. The van der Waals surface area contributed by atoms with Crippen LogP contribution in [0.5, 0.6) is 0 Å². The van der Waals surface area contributed by atoms with Crippen LogP contribution in [-0.4, -0.2) is 18.4 Å². The van der Waals surface area contributed by atoms with E-state index in [0.717, 1.165) is 42.6 Å². The molecular weight excluding hydrogens is 290 g/mol. The summed E-state index contributed by atoms with van der Waals surface area (Å²) in [4.78, 5) is 23.0. The highest BCUT2D eigenvalue weighted by Crippen LogP contribution is 2.26. The van der Waals surface area contributed by atoms with E-state index in [1.54, 1.807) is 0 Å². The van der Waals surface area contributed by atoms with Gasteiger partial charge in [-0.1, -0.05) is 12.8 Å². The first-order valence-corrected chi connectivity index (χ1v) is 7.12. The van der Waals surface area contributed by atoms with Crippen molar-refractivity contribution in [3.8, 4) is 0 Å². The van der Waals surface area contributed by atoms with Crippen LogP contribution in [0, 0.1) is 0 Å². The number of unbranched alkanes of at least 4 members (excludes halogenated alkanes) is 3. The number of carbonyl (C=O) groups excluding carboxylic acids is 2. The first-order chi connectivity index (χ1) is 9.69. The minimum absolute atomic E-state index is 0. The van der Waals surface area contributed by atoms with Crippen molar-refractivity contribution in [2.75, 3.05) is 17.2 Å². The lowest BCUT2D eigenvalue weighted by Gasteiger charge is -2.07. The molecule has 0 spiro atoms. The largest absolute Gasteiger partial charge is 0.330 e. The van der Waals surface area contributed by atoms with Crippen LogP contribution in [0.2, 0.25) is 0 Å². The number of benzene rings is 1. The van der Waals surface area contributed by atoms with Gasteiger partial charge in [-0.25, -0.2) is 0 Å². The number of nitrogens with one attached hydrogen (secondary N) is 2. The first-order valence-electron chi connectivity index (χ1n) is 7.12. The highest BCUT2D eigenvalue weighted by molar-refractivity contribution is 6.00. The predicted octanol–water partition coefficient (Wildman–Crippen LogP) is 2.45. The number of nitrogens with two attached hydrogens (primary N) is 1. The normalized spacial score (nSPS) is 12.3. The molecule has 2 amide bonds. The Labute approximate surface area is 131 Å². The molecule has 0 radical (unpaired) electrons. The number of rotatable bonds is 7. The molecule has 0 aromatic heterocycles. The molecule has 1 heterocycles. The zero-order chi connectivity index (χ0) is 14.4. The fourth-order valence-corrected chi connectivity index (χ4v) is 2.31. The van der Waals surface area contributed by atoms with Gasteiger partial charge in [-0.05, 0) is 43.1 Å². The highest BCUT2D eigenvalue weighted by atomic mass is 35.5. The Hall–Kier alpha value is -1.59. The maximum Gasteiger partial charge on any atom is 0.228 e. The SMILES string of the molecule is Cl.NCCCCCCC(=O)Nc1ccc2c(c1)CC(=O)N2. The van der Waals surface area contributed by atoms with E-state index >= 15 is 0 Å². The van der Waals surface area contributed by atoms with Crippen molar-refractivity contribution in [2.24, 2.45) is 5.73 Å². The number of hydrogen-bond acceptors (Lipinski definition) is 3. The summed E-state index contributed by atoms with van der Waals surface area (Å²) >= 11 is 0. The molecule has 2 rings (SSSR count). The molecule has 0 bridgehead atoms. The van der Waals surface area contributed by atoms with Crippen LogP contribution in [0.4, 0.5) is 11.4 Å². The second-order valence-corrected chi connectivity index (χ2v) is 5.10. The molecule has 1 aromatic rings. The molecule has 1 aliphatic rings. The van der Waals surface area contributed by atoms with E-state index in [2.05, 4.69) is 10.6 Å². The molecule has 0 saturated carbocycles. The van der Waals surface area contributed by atoms with E-state index in [4.69, 9.17) is 5.73 Å². The van der Waals surface area contributed by atoms with Crippen LogP contribution in [-0.2, 0) is 16.0 Å². The van der Waals surface area contributed by atoms with E-state index in [-0.39, 0.29) is 24.2 Å². The van der Waals surface area contributed by atoms with Crippen LogP contribution in [0.15, 0.2) is 18.2 Å². The molecule has 6 heteroatoms. The van der Waals surface area contributed by atoms with Gasteiger partial charge in [-0.3, -0.25) is 9.59 Å². The standard InChI is InChI=1S/C15H21N3O2.ClH/c16-8-4-2-1-3-5-14(19)17-12-6-7-13-11(9-12)10-15(20)18-13;/h6-7,9H,1-5,8,10,16H2,(H,17,19)(H,18,20);1H. The number of halogens is 1. The number of fused-ring (bicyclic) bond motifs is 1. The van der Waals surface area contributed by atoms with Gasteiger partial charge in [0.05, 0.1) is 6.42 Å². The van der Waals surface area contributed by atoms with Crippen molar-refractivity contribution in [2.45, 2.75) is 38.5 Å². The third kappa shape index (κ3) is 5.36. The Morgan fingerprint density at radius 3 is 2.76 bits per heavy atom. The second kappa shape index (κ2) is 8.64. The molecule has 21 heavy (non-hydrogen) atoms. The van der Waals surface area contributed by atoms with Gasteiger partial charge < -0.3 is 16.4 Å². The molecule has 0 saturated heterocycles. The van der Waals surface area contributed by atoms with Crippen LogP contribution in [0.3, 0.4) is 0 Å². The summed E-state index contributed by atoms with van der Waals surface area (Å²) in [6, 6.07) is 5.51. The van der Waals surface area contributed by atoms with Gasteiger partial charge in [0.2, 0.25) is 11.8 Å². The minimum atomic E-state index is 0. The number of amides is 2. The summed E-state index contributed by atoms with van der Waals surface area (Å²) in [6.45, 7) is 0.716. The minimum Gasteiger partial charge on any atom is -0.330 e. The fourth-order valence-electron chi connectivity index (χ4n) is 2.31. The van der Waals surface area contributed by atoms with E-state index in [1.165, 1.54) is 0 Å². The van der Waals surface area contributed by atoms with E-state index in [9.17, 15) is 9.59 Å². The van der Waals surface area contributed by atoms with Gasteiger partial charge in [0, 0.05) is 17.8 Å². The zero-order valence-electron chi connectivity index (χ0n) is 12.0. The summed E-state index contributed by atoms with van der Waals surface area (Å²) in [7, 11) is 0. The van der Waals surface area contributed by atoms with E-state index in [0.29, 0.717) is 19.4 Å². The lowest BCUT2D eigenvalue weighted by atomic mass is 10.1. The van der Waals surface area contributed by atoms with Crippen molar-refractivity contribution in [1.82, 2.24) is 0 Å². The molecule has 1 aromatic carbocycles. The van der Waals surface area contributed by atoms with Gasteiger partial charge in [0.1, 0.15) is 0 Å². The summed E-state index contributed by atoms with van der Waals surface area (Å²) in [5.41, 5.74) is 7.96. The maximum absolute atomic E-state index is 11.8. The molecule has 1 aliphatic heterocycles. The third-order valence-corrected chi connectivity index (χ3v) is 3.37. The molecule has 5 nitrogen and oxygen atoms in total. The molecule has 0 atom stereocenters. The zero-order valence-corrected chi connectivity index (χ0v) is 12.8. The fraction of sp³-hybridized carbons (Fsp3) is 0.467. The Morgan fingerprint density at radius 2 is 2.00 bits per heavy atom. The number of hydrogen-bond donors (Lipinski definition) is 3. The molecule has 0 unspecified atom stereocenters. The molecular formula is C15H22ClN3O2. The van der Waals surface area contributed by atoms with Crippen molar-refractivity contribution in [3.63, 3.8) is 0 Å². The Kier molecular flexibility index (Phi) is 7.19. The molecule has 0 fully saturated rings. The van der Waals surface area contributed by atoms with Gasteiger partial charge in [0.15, 0.2) is 0 Å². The van der Waals surface area contributed by atoms with Gasteiger partial charge in [0.25, 0.3) is 0 Å². The molecule has 4 N–H and O–H groups in total. The smallest absolute Gasteiger partial charge is 0.228 e. The number of anilines is 2. The Bertz CT molecular complexity index is 506. The van der Waals surface area contributed by atoms with E-state index in [1.807, 2.05) is 18.2 Å². The van der Waals surface area contributed by atoms with E-state index < -0.39 is 0 Å². The Morgan fingerprint density at radius 1 is 1.24 bits per heavy atom. The van der Waals surface area contributed by atoms with Crippen LogP contribution < -0.4 is 16.4 Å². The number of carbonyl (C=O) groups is 2. The average Bonchev–Trinajstić information content (AvgIpc) is 2.78. The van der Waals surface area contributed by atoms with Gasteiger partial charge >= 0.3 is 0 Å². The van der Waals surface area contributed by atoms with Gasteiger partial charge in [-0.15, -0.1) is 12.4 Å². The van der Waals surface area contributed by atoms with Crippen LogP contribution in [0.25, 0.3) is 0 Å². The monoisotopic (exact) mass is 311 g/mol. The van der Waals surface area contributed by atoms with Crippen molar-refractivity contribution in [3.05, 3.63) is 23.8 Å². The van der Waals surface area contributed by atoms with Gasteiger partial charge in [-0.2, -0.15) is 0 Å². The van der Waals surface area contributed by atoms with Crippen LogP contribution >= 0.6 is 12.4 Å². The van der Waals surface area contributed by atoms with Crippen molar-refractivity contribution in [1.29, 1.82) is 0 Å². The lowest BCUT2D eigenvalue weighted by molar-refractivity contribution is -0.116. The first kappa shape index (κ1) is 17.5. The summed E-state index contributed by atoms with van der Waals surface area (Å²) in [6.07, 6.45) is 4.94. The third-order valence-electron chi connectivity index (χ3n) is 3.37. The maximum atomic E-state index is 11.8.